The van der Waals surface area contributed by atoms with E-state index in [0.717, 1.165) is 11.3 Å². The SMILES string of the molecule is CC(=O)Nc1ccc(Nc2nc(C)c(Cc3ccccc3)c(=O)[nH]2)cc1. The molecule has 1 aromatic heterocycles. The zero-order valence-electron chi connectivity index (χ0n) is 14.7. The van der Waals surface area contributed by atoms with Crippen LogP contribution in [-0.2, 0) is 11.2 Å². The number of amides is 1. The molecule has 0 bridgehead atoms. The molecule has 6 nitrogen and oxygen atoms in total. The van der Waals surface area contributed by atoms with Crippen molar-refractivity contribution in [1.82, 2.24) is 9.97 Å². The van der Waals surface area contributed by atoms with Gasteiger partial charge in [-0.05, 0) is 36.8 Å². The monoisotopic (exact) mass is 348 g/mol. The van der Waals surface area contributed by atoms with Gasteiger partial charge in [0.25, 0.3) is 5.56 Å². The Bertz CT molecular complexity index is 963. The molecule has 0 fully saturated rings. The lowest BCUT2D eigenvalue weighted by atomic mass is 10.1. The molecule has 0 aliphatic rings. The summed E-state index contributed by atoms with van der Waals surface area (Å²) in [5, 5.41) is 5.78. The molecule has 0 unspecified atom stereocenters. The van der Waals surface area contributed by atoms with Crippen LogP contribution in [0.25, 0.3) is 0 Å². The van der Waals surface area contributed by atoms with Crippen molar-refractivity contribution in [2.24, 2.45) is 0 Å². The lowest BCUT2D eigenvalue weighted by Crippen LogP contribution is -2.18. The maximum absolute atomic E-state index is 12.4. The van der Waals surface area contributed by atoms with Gasteiger partial charge < -0.3 is 10.6 Å². The van der Waals surface area contributed by atoms with Gasteiger partial charge in [0.15, 0.2) is 0 Å². The Morgan fingerprint density at radius 2 is 1.69 bits per heavy atom. The van der Waals surface area contributed by atoms with Crippen LogP contribution in [-0.4, -0.2) is 15.9 Å². The molecule has 0 radical (unpaired) electrons. The average molecular weight is 348 g/mol. The number of nitrogens with zero attached hydrogens (tertiary/aromatic N) is 1. The third-order valence-electron chi connectivity index (χ3n) is 3.91. The normalized spacial score (nSPS) is 10.4. The van der Waals surface area contributed by atoms with Crippen molar-refractivity contribution in [3.8, 4) is 0 Å². The zero-order chi connectivity index (χ0) is 18.5. The highest BCUT2D eigenvalue weighted by atomic mass is 16.1. The Morgan fingerprint density at radius 3 is 2.31 bits per heavy atom. The van der Waals surface area contributed by atoms with Gasteiger partial charge in [-0.25, -0.2) is 4.98 Å². The molecule has 26 heavy (non-hydrogen) atoms. The molecule has 0 atom stereocenters. The van der Waals surface area contributed by atoms with Gasteiger partial charge >= 0.3 is 0 Å². The topological polar surface area (TPSA) is 86.9 Å². The van der Waals surface area contributed by atoms with Crippen molar-refractivity contribution in [2.75, 3.05) is 10.6 Å². The van der Waals surface area contributed by atoms with Crippen LogP contribution >= 0.6 is 0 Å². The summed E-state index contributed by atoms with van der Waals surface area (Å²) in [5.74, 6) is 0.262. The summed E-state index contributed by atoms with van der Waals surface area (Å²) in [7, 11) is 0. The van der Waals surface area contributed by atoms with Gasteiger partial charge in [0.2, 0.25) is 11.9 Å². The number of H-pyrrole nitrogens is 1. The summed E-state index contributed by atoms with van der Waals surface area (Å²) in [6.07, 6.45) is 0.542. The maximum atomic E-state index is 12.4. The number of nitrogens with one attached hydrogen (secondary N) is 3. The predicted octanol–water partition coefficient (Wildman–Crippen LogP) is 3.37. The van der Waals surface area contributed by atoms with E-state index < -0.39 is 0 Å². The molecule has 1 heterocycles. The molecule has 132 valence electrons. The number of benzene rings is 2. The second-order valence-corrected chi connectivity index (χ2v) is 6.02. The average Bonchev–Trinajstić information content (AvgIpc) is 2.60. The van der Waals surface area contributed by atoms with Crippen LogP contribution in [0.5, 0.6) is 0 Å². The summed E-state index contributed by atoms with van der Waals surface area (Å²) in [6.45, 7) is 3.29. The quantitative estimate of drug-likeness (QED) is 0.660. The molecule has 1 amide bonds. The summed E-state index contributed by atoms with van der Waals surface area (Å²) in [4.78, 5) is 30.7. The number of rotatable bonds is 5. The number of anilines is 3. The Labute approximate surface area is 151 Å². The fourth-order valence-electron chi connectivity index (χ4n) is 2.65. The summed E-state index contributed by atoms with van der Waals surface area (Å²) in [6, 6.07) is 17.0. The molecule has 2 aromatic carbocycles. The fourth-order valence-corrected chi connectivity index (χ4v) is 2.65. The highest BCUT2D eigenvalue weighted by Gasteiger charge is 2.09. The highest BCUT2D eigenvalue weighted by molar-refractivity contribution is 5.88. The van der Waals surface area contributed by atoms with Crippen molar-refractivity contribution < 1.29 is 4.79 Å². The minimum absolute atomic E-state index is 0.124. The molecule has 6 heteroatoms. The van der Waals surface area contributed by atoms with Crippen molar-refractivity contribution >= 4 is 23.2 Å². The first-order valence-electron chi connectivity index (χ1n) is 8.29. The number of hydrogen-bond donors (Lipinski definition) is 3. The van der Waals surface area contributed by atoms with E-state index in [0.29, 0.717) is 29.3 Å². The number of carbonyl (C=O) groups excluding carboxylic acids is 1. The molecule has 3 N–H and O–H groups in total. The first-order valence-corrected chi connectivity index (χ1v) is 8.29. The van der Waals surface area contributed by atoms with Crippen molar-refractivity contribution in [1.29, 1.82) is 0 Å². The van der Waals surface area contributed by atoms with Gasteiger partial charge in [-0.2, -0.15) is 0 Å². The van der Waals surface area contributed by atoms with Gasteiger partial charge in [0.1, 0.15) is 0 Å². The minimum Gasteiger partial charge on any atom is -0.326 e. The van der Waals surface area contributed by atoms with Crippen LogP contribution in [0.4, 0.5) is 17.3 Å². The lowest BCUT2D eigenvalue weighted by molar-refractivity contribution is -0.114. The van der Waals surface area contributed by atoms with E-state index in [-0.39, 0.29) is 11.5 Å². The molecular weight excluding hydrogens is 328 g/mol. The molecule has 0 spiro atoms. The number of hydrogen-bond acceptors (Lipinski definition) is 4. The largest absolute Gasteiger partial charge is 0.326 e. The second kappa shape index (κ2) is 7.65. The lowest BCUT2D eigenvalue weighted by Gasteiger charge is -2.10. The fraction of sp³-hybridized carbons (Fsp3) is 0.150. The molecule has 0 saturated carbocycles. The Morgan fingerprint density at radius 1 is 1.04 bits per heavy atom. The molecule has 0 aliphatic heterocycles. The van der Waals surface area contributed by atoms with Gasteiger partial charge in [0.05, 0.1) is 5.69 Å². The third kappa shape index (κ3) is 4.36. The summed E-state index contributed by atoms with van der Waals surface area (Å²) < 4.78 is 0. The number of aromatic nitrogens is 2. The van der Waals surface area contributed by atoms with E-state index in [2.05, 4.69) is 20.6 Å². The van der Waals surface area contributed by atoms with Gasteiger partial charge in [-0.1, -0.05) is 30.3 Å². The molecule has 0 saturated heterocycles. The molecular formula is C20H20N4O2. The number of aromatic amines is 1. The van der Waals surface area contributed by atoms with Gasteiger partial charge in [-0.15, -0.1) is 0 Å². The minimum atomic E-state index is -0.154. The van der Waals surface area contributed by atoms with Crippen molar-refractivity contribution in [3.63, 3.8) is 0 Å². The number of carbonyl (C=O) groups is 1. The van der Waals surface area contributed by atoms with E-state index in [4.69, 9.17) is 0 Å². The van der Waals surface area contributed by atoms with E-state index in [1.54, 1.807) is 24.3 Å². The molecule has 0 aliphatic carbocycles. The van der Waals surface area contributed by atoms with Crippen LogP contribution in [0.1, 0.15) is 23.7 Å². The second-order valence-electron chi connectivity index (χ2n) is 6.02. The standard InChI is InChI=1S/C20H20N4O2/c1-13-18(12-15-6-4-3-5-7-15)19(26)24-20(21-13)23-17-10-8-16(9-11-17)22-14(2)25/h3-11H,12H2,1-2H3,(H,22,25)(H2,21,23,24,26). The smallest absolute Gasteiger partial charge is 0.256 e. The predicted molar refractivity (Wildman–Crippen MR) is 103 cm³/mol. The van der Waals surface area contributed by atoms with E-state index in [9.17, 15) is 9.59 Å². The highest BCUT2D eigenvalue weighted by Crippen LogP contribution is 2.17. The van der Waals surface area contributed by atoms with Crippen LogP contribution in [0.3, 0.4) is 0 Å². The van der Waals surface area contributed by atoms with Gasteiger partial charge in [0, 0.05) is 30.3 Å². The zero-order valence-corrected chi connectivity index (χ0v) is 14.7. The maximum Gasteiger partial charge on any atom is 0.256 e. The Balaban J connectivity index is 1.77. The summed E-state index contributed by atoms with van der Waals surface area (Å²) in [5.41, 5.74) is 3.73. The van der Waals surface area contributed by atoms with Crippen LogP contribution in [0.2, 0.25) is 0 Å². The van der Waals surface area contributed by atoms with E-state index in [1.807, 2.05) is 37.3 Å². The Hall–Kier alpha value is -3.41. The molecule has 3 aromatic rings. The van der Waals surface area contributed by atoms with E-state index in [1.165, 1.54) is 6.92 Å². The van der Waals surface area contributed by atoms with Crippen LogP contribution in [0, 0.1) is 6.92 Å². The van der Waals surface area contributed by atoms with Crippen LogP contribution in [0.15, 0.2) is 59.4 Å². The summed E-state index contributed by atoms with van der Waals surface area (Å²) >= 11 is 0. The Kier molecular flexibility index (Phi) is 5.12. The third-order valence-corrected chi connectivity index (χ3v) is 3.91. The first-order chi connectivity index (χ1) is 12.5. The van der Waals surface area contributed by atoms with Crippen molar-refractivity contribution in [2.45, 2.75) is 20.3 Å². The first kappa shape index (κ1) is 17.4. The number of aryl methyl sites for hydroxylation is 1. The van der Waals surface area contributed by atoms with E-state index >= 15 is 0 Å². The van der Waals surface area contributed by atoms with Crippen molar-refractivity contribution in [3.05, 3.63) is 81.8 Å². The van der Waals surface area contributed by atoms with Gasteiger partial charge in [-0.3, -0.25) is 14.6 Å². The molecule has 3 rings (SSSR count). The van der Waals surface area contributed by atoms with Crippen LogP contribution < -0.4 is 16.2 Å².